The van der Waals surface area contributed by atoms with Gasteiger partial charge in [0.2, 0.25) is 4.77 Å². The lowest BCUT2D eigenvalue weighted by Gasteiger charge is -2.13. The molecule has 3 rings (SSSR count). The Morgan fingerprint density at radius 1 is 1.10 bits per heavy atom. The second-order valence-electron chi connectivity index (χ2n) is 5.38. The van der Waals surface area contributed by atoms with Crippen LogP contribution in [0.5, 0.6) is 0 Å². The van der Waals surface area contributed by atoms with Gasteiger partial charge < -0.3 is 0 Å². The average molecular weight is 289 g/mol. The molecule has 0 bridgehead atoms. The van der Waals surface area contributed by atoms with Crippen molar-refractivity contribution in [2.75, 3.05) is 13.1 Å². The van der Waals surface area contributed by atoms with E-state index < -0.39 is 0 Å². The van der Waals surface area contributed by atoms with Crippen molar-refractivity contribution >= 4 is 12.2 Å². The predicted molar refractivity (Wildman–Crippen MR) is 80.5 cm³/mol. The molecule has 6 heteroatoms. The van der Waals surface area contributed by atoms with Crippen LogP contribution >= 0.6 is 12.2 Å². The summed E-state index contributed by atoms with van der Waals surface area (Å²) in [5.74, 6) is 0. The zero-order chi connectivity index (χ0) is 14.1. The van der Waals surface area contributed by atoms with E-state index in [9.17, 15) is 0 Å². The molecule has 5 nitrogen and oxygen atoms in total. The summed E-state index contributed by atoms with van der Waals surface area (Å²) in [6, 6.07) is 6.19. The fraction of sp³-hybridized carbons (Fsp3) is 0.500. The first-order valence-electron chi connectivity index (χ1n) is 6.98. The summed E-state index contributed by atoms with van der Waals surface area (Å²) < 4.78 is 4.25. The van der Waals surface area contributed by atoms with Gasteiger partial charge in [-0.15, -0.1) is 0 Å². The minimum Gasteiger partial charge on any atom is -0.284 e. The second kappa shape index (κ2) is 5.46. The zero-order valence-corrected chi connectivity index (χ0v) is 12.7. The Hall–Kier alpha value is -1.53. The highest BCUT2D eigenvalue weighted by molar-refractivity contribution is 7.71. The number of aryl methyl sites for hydroxylation is 2. The number of aromatic nitrogens is 4. The van der Waals surface area contributed by atoms with Crippen LogP contribution in [0, 0.1) is 18.6 Å². The van der Waals surface area contributed by atoms with Gasteiger partial charge in [-0.25, -0.2) is 4.68 Å². The van der Waals surface area contributed by atoms with Crippen molar-refractivity contribution < 1.29 is 0 Å². The zero-order valence-electron chi connectivity index (χ0n) is 11.9. The molecule has 0 saturated carbocycles. The summed E-state index contributed by atoms with van der Waals surface area (Å²) in [6.45, 7) is 7.13. The van der Waals surface area contributed by atoms with Crippen LogP contribution in [0.4, 0.5) is 0 Å². The van der Waals surface area contributed by atoms with Gasteiger partial charge in [-0.1, -0.05) is 18.2 Å². The number of rotatable bonds is 3. The minimum atomic E-state index is 0.661. The quantitative estimate of drug-likeness (QED) is 0.814. The monoisotopic (exact) mass is 289 g/mol. The number of hydrogen-bond donors (Lipinski definition) is 0. The van der Waals surface area contributed by atoms with Crippen LogP contribution in [-0.2, 0) is 6.67 Å². The lowest BCUT2D eigenvalue weighted by Crippen LogP contribution is -2.23. The Bertz CT molecular complexity index is 646. The normalized spacial score (nSPS) is 15.9. The van der Waals surface area contributed by atoms with Gasteiger partial charge in [0.05, 0.1) is 12.4 Å². The van der Waals surface area contributed by atoms with E-state index in [1.54, 1.807) is 4.68 Å². The molecule has 106 valence electrons. The Kier molecular flexibility index (Phi) is 3.67. The maximum atomic E-state index is 5.54. The van der Waals surface area contributed by atoms with Crippen LogP contribution in [0.2, 0.25) is 0 Å². The highest BCUT2D eigenvalue weighted by atomic mass is 32.1. The molecule has 1 aliphatic rings. The van der Waals surface area contributed by atoms with E-state index in [0.29, 0.717) is 4.77 Å². The molecule has 0 radical (unpaired) electrons. The van der Waals surface area contributed by atoms with Gasteiger partial charge in [0.15, 0.2) is 0 Å². The molecule has 0 spiro atoms. The fourth-order valence-electron chi connectivity index (χ4n) is 2.76. The maximum absolute atomic E-state index is 5.54. The van der Waals surface area contributed by atoms with Gasteiger partial charge >= 0.3 is 0 Å². The van der Waals surface area contributed by atoms with Crippen LogP contribution in [0.25, 0.3) is 5.69 Å². The predicted octanol–water partition coefficient (Wildman–Crippen LogP) is 2.47. The molecule has 0 atom stereocenters. The standard InChI is InChI=1S/C14H19N5S/c1-11-6-5-7-12(2)13(11)19-14(20)18(15-16-19)10-17-8-3-4-9-17/h5-7H,3-4,8-10H2,1-2H3. The van der Waals surface area contributed by atoms with Crippen molar-refractivity contribution in [3.05, 3.63) is 34.1 Å². The van der Waals surface area contributed by atoms with Gasteiger partial charge in [0.1, 0.15) is 0 Å². The van der Waals surface area contributed by atoms with Gasteiger partial charge in [-0.05, 0) is 73.6 Å². The van der Waals surface area contributed by atoms with Gasteiger partial charge in [-0.3, -0.25) is 4.90 Å². The number of hydrogen-bond acceptors (Lipinski definition) is 4. The van der Waals surface area contributed by atoms with Crippen LogP contribution in [0.15, 0.2) is 18.2 Å². The van der Waals surface area contributed by atoms with Crippen molar-refractivity contribution in [1.29, 1.82) is 0 Å². The number of para-hydroxylation sites is 1. The first kappa shape index (κ1) is 13.5. The molecule has 1 saturated heterocycles. The van der Waals surface area contributed by atoms with E-state index in [1.807, 2.05) is 10.7 Å². The van der Waals surface area contributed by atoms with Gasteiger partial charge in [-0.2, -0.15) is 4.68 Å². The van der Waals surface area contributed by atoms with Crippen LogP contribution in [0.1, 0.15) is 24.0 Å². The molecular weight excluding hydrogens is 270 g/mol. The van der Waals surface area contributed by atoms with Crippen LogP contribution in [-0.4, -0.2) is 37.8 Å². The molecule has 0 N–H and O–H groups in total. The molecule has 0 unspecified atom stereocenters. The first-order chi connectivity index (χ1) is 9.66. The number of nitrogens with zero attached hydrogens (tertiary/aromatic N) is 5. The molecule has 0 amide bonds. The van der Waals surface area contributed by atoms with Crippen molar-refractivity contribution in [1.82, 2.24) is 24.7 Å². The van der Waals surface area contributed by atoms with Gasteiger partial charge in [0, 0.05) is 0 Å². The molecule has 2 aromatic rings. The third-order valence-corrected chi connectivity index (χ3v) is 4.21. The summed E-state index contributed by atoms with van der Waals surface area (Å²) in [5, 5.41) is 8.47. The Morgan fingerprint density at radius 2 is 1.75 bits per heavy atom. The van der Waals surface area contributed by atoms with E-state index in [4.69, 9.17) is 12.2 Å². The van der Waals surface area contributed by atoms with E-state index in [-0.39, 0.29) is 0 Å². The minimum absolute atomic E-state index is 0.661. The molecular formula is C14H19N5S. The Morgan fingerprint density at radius 3 is 2.40 bits per heavy atom. The van der Waals surface area contributed by atoms with E-state index >= 15 is 0 Å². The fourth-order valence-corrected chi connectivity index (χ4v) is 2.98. The number of likely N-dealkylation sites (tertiary alicyclic amines) is 1. The summed E-state index contributed by atoms with van der Waals surface area (Å²) >= 11 is 5.54. The molecule has 1 aromatic carbocycles. The van der Waals surface area contributed by atoms with Crippen molar-refractivity contribution in [3.8, 4) is 5.69 Å². The van der Waals surface area contributed by atoms with E-state index in [2.05, 4.69) is 41.3 Å². The van der Waals surface area contributed by atoms with Crippen molar-refractivity contribution in [2.24, 2.45) is 0 Å². The third kappa shape index (κ3) is 2.41. The Balaban J connectivity index is 1.96. The second-order valence-corrected chi connectivity index (χ2v) is 5.74. The van der Waals surface area contributed by atoms with Crippen LogP contribution in [0.3, 0.4) is 0 Å². The molecule has 2 heterocycles. The highest BCUT2D eigenvalue weighted by Gasteiger charge is 2.15. The first-order valence-corrected chi connectivity index (χ1v) is 7.39. The summed E-state index contributed by atoms with van der Waals surface area (Å²) in [4.78, 5) is 2.36. The maximum Gasteiger partial charge on any atom is 0.221 e. The van der Waals surface area contributed by atoms with Gasteiger partial charge in [0.25, 0.3) is 0 Å². The smallest absolute Gasteiger partial charge is 0.221 e. The molecule has 20 heavy (non-hydrogen) atoms. The van der Waals surface area contributed by atoms with E-state index in [1.165, 1.54) is 12.8 Å². The summed E-state index contributed by atoms with van der Waals surface area (Å²) in [7, 11) is 0. The molecule has 1 aliphatic heterocycles. The highest BCUT2D eigenvalue weighted by Crippen LogP contribution is 2.18. The molecule has 1 aromatic heterocycles. The number of tetrazole rings is 1. The average Bonchev–Trinajstić information content (AvgIpc) is 3.03. The molecule has 1 fully saturated rings. The summed E-state index contributed by atoms with van der Waals surface area (Å²) in [5.41, 5.74) is 3.37. The largest absolute Gasteiger partial charge is 0.284 e. The van der Waals surface area contributed by atoms with Crippen molar-refractivity contribution in [2.45, 2.75) is 33.4 Å². The topological polar surface area (TPSA) is 38.9 Å². The lowest BCUT2D eigenvalue weighted by molar-refractivity contribution is 0.251. The van der Waals surface area contributed by atoms with Crippen molar-refractivity contribution in [3.63, 3.8) is 0 Å². The van der Waals surface area contributed by atoms with E-state index in [0.717, 1.165) is 36.6 Å². The number of benzene rings is 1. The lowest BCUT2D eigenvalue weighted by atomic mass is 10.1. The summed E-state index contributed by atoms with van der Waals surface area (Å²) in [6.07, 6.45) is 2.52. The third-order valence-electron chi connectivity index (χ3n) is 3.82. The SMILES string of the molecule is Cc1cccc(C)c1-n1nnn(CN2CCCC2)c1=S. The molecule has 0 aliphatic carbocycles. The van der Waals surface area contributed by atoms with Crippen LogP contribution < -0.4 is 0 Å². The Labute approximate surface area is 123 Å².